The first-order chi connectivity index (χ1) is 8.17. The van der Waals surface area contributed by atoms with E-state index in [4.69, 9.17) is 15.4 Å². The van der Waals surface area contributed by atoms with E-state index in [0.29, 0.717) is 0 Å². The molecule has 1 rings (SSSR count). The van der Waals surface area contributed by atoms with Gasteiger partial charge in [-0.15, -0.1) is 0 Å². The molecule has 0 saturated carbocycles. The van der Waals surface area contributed by atoms with Gasteiger partial charge < -0.3 is 4.74 Å². The van der Waals surface area contributed by atoms with E-state index in [1.54, 1.807) is 12.1 Å². The van der Waals surface area contributed by atoms with Crippen molar-refractivity contribution in [3.05, 3.63) is 29.3 Å². The number of amides is 1. The number of halogens is 1. The summed E-state index contributed by atoms with van der Waals surface area (Å²) < 4.78 is 27.6. The first-order valence-electron chi connectivity index (χ1n) is 5.23. The Hall–Kier alpha value is -1.27. The van der Waals surface area contributed by atoms with Crippen molar-refractivity contribution in [1.29, 1.82) is 0 Å². The molecule has 1 aromatic carbocycles. The Morgan fingerprint density at radius 3 is 2.44 bits per heavy atom. The van der Waals surface area contributed by atoms with Gasteiger partial charge in [0.25, 0.3) is 0 Å². The van der Waals surface area contributed by atoms with Crippen molar-refractivity contribution in [2.45, 2.75) is 26.7 Å². The topological polar surface area (TPSA) is 72.5 Å². The molecule has 0 radical (unpaired) electrons. The van der Waals surface area contributed by atoms with Crippen LogP contribution in [0.2, 0.25) is 0 Å². The fraction of sp³-hybridized carbons (Fsp3) is 0.364. The summed E-state index contributed by atoms with van der Waals surface area (Å²) in [5.41, 5.74) is 1.91. The normalized spacial score (nSPS) is 11.4. The minimum absolute atomic E-state index is 0.270. The SMILES string of the molecule is Cc1cc(OC(=O)NS(=O)(=O)Cl)cc(C(C)C)c1. The van der Waals surface area contributed by atoms with Gasteiger partial charge in [-0.3, -0.25) is 0 Å². The zero-order valence-corrected chi connectivity index (χ0v) is 11.8. The molecule has 0 aliphatic heterocycles. The van der Waals surface area contributed by atoms with Crippen LogP contribution in [0.4, 0.5) is 4.79 Å². The molecule has 0 atom stereocenters. The summed E-state index contributed by atoms with van der Waals surface area (Å²) in [5.74, 6) is 0.545. The highest BCUT2D eigenvalue weighted by Gasteiger charge is 2.13. The van der Waals surface area contributed by atoms with E-state index < -0.39 is 15.3 Å². The summed E-state index contributed by atoms with van der Waals surface area (Å²) in [6, 6.07) is 5.28. The van der Waals surface area contributed by atoms with Crippen molar-refractivity contribution in [2.24, 2.45) is 0 Å². The molecular weight excluding hydrogens is 278 g/mol. The third-order valence-corrected chi connectivity index (χ3v) is 2.80. The Labute approximate surface area is 111 Å². The van der Waals surface area contributed by atoms with Crippen LogP contribution in [0.3, 0.4) is 0 Å². The maximum Gasteiger partial charge on any atom is 0.427 e. The summed E-state index contributed by atoms with van der Waals surface area (Å²) in [6.07, 6.45) is -1.13. The Balaban J connectivity index is 2.88. The van der Waals surface area contributed by atoms with Crippen LogP contribution in [-0.4, -0.2) is 14.5 Å². The monoisotopic (exact) mass is 291 g/mol. The summed E-state index contributed by atoms with van der Waals surface area (Å²) in [7, 11) is 0.735. The first kappa shape index (κ1) is 14.8. The maximum atomic E-state index is 11.2. The van der Waals surface area contributed by atoms with Gasteiger partial charge in [0.05, 0.1) is 0 Å². The largest absolute Gasteiger partial charge is 0.427 e. The predicted octanol–water partition coefficient (Wildman–Crippen LogP) is 2.69. The fourth-order valence-corrected chi connectivity index (χ4v) is 1.83. The molecule has 100 valence electrons. The number of nitrogens with one attached hydrogen (secondary N) is 1. The lowest BCUT2D eigenvalue weighted by Gasteiger charge is -2.10. The van der Waals surface area contributed by atoms with E-state index >= 15 is 0 Å². The van der Waals surface area contributed by atoms with Crippen LogP contribution in [0.5, 0.6) is 5.75 Å². The molecule has 0 bridgehead atoms. The maximum absolute atomic E-state index is 11.2. The van der Waals surface area contributed by atoms with Crippen LogP contribution in [0.15, 0.2) is 18.2 Å². The van der Waals surface area contributed by atoms with Gasteiger partial charge >= 0.3 is 15.3 Å². The van der Waals surface area contributed by atoms with Crippen LogP contribution < -0.4 is 9.46 Å². The lowest BCUT2D eigenvalue weighted by Crippen LogP contribution is -2.29. The molecule has 0 aromatic heterocycles. The Kier molecular flexibility index (Phi) is 4.59. The van der Waals surface area contributed by atoms with E-state index in [-0.39, 0.29) is 11.7 Å². The molecule has 0 heterocycles. The van der Waals surface area contributed by atoms with Crippen molar-refractivity contribution in [3.8, 4) is 5.75 Å². The van der Waals surface area contributed by atoms with E-state index in [9.17, 15) is 13.2 Å². The number of hydrogen-bond acceptors (Lipinski definition) is 4. The molecule has 1 amide bonds. The second-order valence-corrected chi connectivity index (χ2v) is 6.46. The van der Waals surface area contributed by atoms with E-state index in [1.165, 1.54) is 4.72 Å². The second kappa shape index (κ2) is 5.58. The number of ether oxygens (including phenoxy) is 1. The molecule has 0 unspecified atom stereocenters. The van der Waals surface area contributed by atoms with Gasteiger partial charge in [-0.1, -0.05) is 19.9 Å². The van der Waals surface area contributed by atoms with Crippen LogP contribution >= 0.6 is 10.7 Å². The quantitative estimate of drug-likeness (QED) is 0.869. The van der Waals surface area contributed by atoms with Crippen molar-refractivity contribution in [3.63, 3.8) is 0 Å². The molecule has 0 fully saturated rings. The van der Waals surface area contributed by atoms with Gasteiger partial charge in [0, 0.05) is 10.7 Å². The number of rotatable bonds is 3. The molecule has 0 saturated heterocycles. The lowest BCUT2D eigenvalue weighted by atomic mass is 10.0. The lowest BCUT2D eigenvalue weighted by molar-refractivity contribution is 0.207. The minimum atomic E-state index is -4.13. The van der Waals surface area contributed by atoms with E-state index in [1.807, 2.05) is 26.8 Å². The predicted molar refractivity (Wildman–Crippen MR) is 69.2 cm³/mol. The number of aryl methyl sites for hydroxylation is 1. The van der Waals surface area contributed by atoms with E-state index in [2.05, 4.69) is 0 Å². The third-order valence-electron chi connectivity index (χ3n) is 2.16. The van der Waals surface area contributed by atoms with Crippen LogP contribution in [0.1, 0.15) is 30.9 Å². The second-order valence-electron chi connectivity index (χ2n) is 4.16. The Morgan fingerprint density at radius 2 is 1.94 bits per heavy atom. The van der Waals surface area contributed by atoms with Gasteiger partial charge in [0.2, 0.25) is 0 Å². The summed E-state index contributed by atoms with van der Waals surface area (Å²) in [6.45, 7) is 5.86. The van der Waals surface area contributed by atoms with Crippen LogP contribution in [0, 0.1) is 6.92 Å². The average molecular weight is 292 g/mol. The highest BCUT2D eigenvalue weighted by molar-refractivity contribution is 8.12. The molecule has 0 spiro atoms. The van der Waals surface area contributed by atoms with Gasteiger partial charge in [0.15, 0.2) is 0 Å². The Bertz CT molecular complexity index is 554. The number of benzene rings is 1. The van der Waals surface area contributed by atoms with E-state index in [0.717, 1.165) is 11.1 Å². The van der Waals surface area contributed by atoms with Crippen molar-refractivity contribution in [2.75, 3.05) is 0 Å². The zero-order chi connectivity index (χ0) is 13.9. The molecule has 5 nitrogen and oxygen atoms in total. The van der Waals surface area contributed by atoms with Gasteiger partial charge in [-0.2, -0.15) is 8.42 Å². The van der Waals surface area contributed by atoms with Crippen molar-refractivity contribution in [1.82, 2.24) is 4.72 Å². The van der Waals surface area contributed by atoms with Gasteiger partial charge in [-0.25, -0.2) is 9.52 Å². The molecular formula is C11H14ClNO4S. The average Bonchev–Trinajstić information content (AvgIpc) is 2.12. The Morgan fingerprint density at radius 1 is 1.33 bits per heavy atom. The number of hydrogen-bond donors (Lipinski definition) is 1. The fourth-order valence-electron chi connectivity index (χ4n) is 1.40. The van der Waals surface area contributed by atoms with Crippen molar-refractivity contribution >= 4 is 26.0 Å². The first-order valence-corrected chi connectivity index (χ1v) is 7.54. The number of carbonyl (C=O) groups excluding carboxylic acids is 1. The van der Waals surface area contributed by atoms with Crippen LogP contribution in [-0.2, 0) is 9.24 Å². The number of carbonyl (C=O) groups is 1. The smallest absolute Gasteiger partial charge is 0.410 e. The minimum Gasteiger partial charge on any atom is -0.410 e. The standard InChI is InChI=1S/C11H14ClNO4S/c1-7(2)9-4-8(3)5-10(6-9)17-11(14)13-18(12,15)16/h4-7H,1-3H3,(H,13,14). The molecule has 1 N–H and O–H groups in total. The highest BCUT2D eigenvalue weighted by atomic mass is 35.7. The van der Waals surface area contributed by atoms with Gasteiger partial charge in [0.1, 0.15) is 5.75 Å². The molecule has 18 heavy (non-hydrogen) atoms. The summed E-state index contributed by atoms with van der Waals surface area (Å²) >= 11 is 0. The third kappa shape index (κ3) is 4.93. The molecule has 1 aromatic rings. The highest BCUT2D eigenvalue weighted by Crippen LogP contribution is 2.22. The summed E-state index contributed by atoms with van der Waals surface area (Å²) in [5, 5.41) is 0. The van der Waals surface area contributed by atoms with Crippen molar-refractivity contribution < 1.29 is 17.9 Å². The molecule has 7 heteroatoms. The molecule has 0 aliphatic carbocycles. The van der Waals surface area contributed by atoms with Gasteiger partial charge in [-0.05, 0) is 36.1 Å². The summed E-state index contributed by atoms with van der Waals surface area (Å²) in [4.78, 5) is 11.2. The zero-order valence-electron chi connectivity index (χ0n) is 10.2. The molecule has 0 aliphatic rings. The van der Waals surface area contributed by atoms with Crippen LogP contribution in [0.25, 0.3) is 0 Å².